The largest absolute Gasteiger partial charge is 0.387 e. The van der Waals surface area contributed by atoms with Crippen LogP contribution in [-0.2, 0) is 0 Å². The fourth-order valence-corrected chi connectivity index (χ4v) is 0.919. The molecule has 0 saturated heterocycles. The lowest BCUT2D eigenvalue weighted by Gasteiger charge is -2.06. The number of hydrogen-bond acceptors (Lipinski definition) is 1. The third kappa shape index (κ3) is 1.82. The monoisotopic (exact) mass is 161 g/mol. The minimum atomic E-state index is -0.772. The smallest absolute Gasteiger partial charge is 0.187 e. The van der Waals surface area contributed by atoms with Crippen LogP contribution in [0.1, 0.15) is 11.7 Å². The summed E-state index contributed by atoms with van der Waals surface area (Å²) in [6.07, 6.45) is -0.772. The first-order valence-corrected chi connectivity index (χ1v) is 3.58. The van der Waals surface area contributed by atoms with E-state index in [0.29, 0.717) is 11.3 Å². The van der Waals surface area contributed by atoms with E-state index >= 15 is 0 Å². The van der Waals surface area contributed by atoms with Gasteiger partial charge in [-0.05, 0) is 5.56 Å². The predicted octanol–water partition coefficient (Wildman–Crippen LogP) is 1.55. The molecule has 0 heterocycles. The highest BCUT2D eigenvalue weighted by molar-refractivity contribution is 5.47. The van der Waals surface area contributed by atoms with E-state index in [1.807, 2.05) is 0 Å². The Hall–Kier alpha value is -1.37. The van der Waals surface area contributed by atoms with Crippen molar-refractivity contribution in [3.63, 3.8) is 0 Å². The second-order valence-electron chi connectivity index (χ2n) is 2.43. The zero-order chi connectivity index (χ0) is 8.97. The number of aliphatic hydroxyl groups is 1. The molecule has 0 aliphatic rings. The summed E-state index contributed by atoms with van der Waals surface area (Å²) in [6.45, 7) is 6.67. The van der Waals surface area contributed by atoms with Gasteiger partial charge in [0.05, 0.1) is 12.7 Å². The van der Waals surface area contributed by atoms with Crippen molar-refractivity contribution in [2.24, 2.45) is 0 Å². The maximum atomic E-state index is 9.26. The summed E-state index contributed by atoms with van der Waals surface area (Å²) in [4.78, 5) is 3.23. The molecule has 0 spiro atoms. The molecule has 1 rings (SSSR count). The van der Waals surface area contributed by atoms with Crippen LogP contribution in [0.25, 0.3) is 4.85 Å². The average molecular weight is 161 g/mol. The van der Waals surface area contributed by atoms with Crippen LogP contribution < -0.4 is 5.73 Å². The zero-order valence-corrected chi connectivity index (χ0v) is 6.49. The van der Waals surface area contributed by atoms with Crippen molar-refractivity contribution in [1.29, 1.82) is 0 Å². The van der Waals surface area contributed by atoms with Crippen LogP contribution in [0.5, 0.6) is 0 Å². The Morgan fingerprint density at radius 1 is 1.58 bits per heavy atom. The van der Waals surface area contributed by atoms with Gasteiger partial charge in [-0.25, -0.2) is 4.85 Å². The Morgan fingerprint density at radius 3 is 2.92 bits per heavy atom. The topological polar surface area (TPSA) is 48.4 Å². The van der Waals surface area contributed by atoms with Crippen molar-refractivity contribution in [2.45, 2.75) is 6.10 Å². The van der Waals surface area contributed by atoms with Crippen LogP contribution in [0.2, 0.25) is 0 Å². The summed E-state index contributed by atoms with van der Waals surface area (Å²) >= 11 is 0. The molecule has 12 heavy (non-hydrogen) atoms. The molecule has 0 aliphatic carbocycles. The van der Waals surface area contributed by atoms with Gasteiger partial charge in [-0.3, -0.25) is 5.73 Å². The maximum Gasteiger partial charge on any atom is 0.187 e. The molecule has 2 N–H and O–H groups in total. The second kappa shape index (κ2) is 3.86. The lowest BCUT2D eigenvalue weighted by molar-refractivity contribution is 0.185. The summed E-state index contributed by atoms with van der Waals surface area (Å²) in [5, 5.41) is 9.26. The summed E-state index contributed by atoms with van der Waals surface area (Å²) in [5.41, 5.74) is 8.08. The minimum Gasteiger partial charge on any atom is -0.387 e. The van der Waals surface area contributed by atoms with E-state index in [0.717, 1.165) is 0 Å². The summed E-state index contributed by atoms with van der Waals surface area (Å²) in [6, 6.07) is 6.70. The van der Waals surface area contributed by atoms with Gasteiger partial charge in [0, 0.05) is 6.54 Å². The van der Waals surface area contributed by atoms with E-state index in [1.54, 1.807) is 24.3 Å². The second-order valence-corrected chi connectivity index (χ2v) is 2.43. The number of aliphatic hydroxyl groups excluding tert-OH is 1. The van der Waals surface area contributed by atoms with Crippen molar-refractivity contribution in [3.05, 3.63) is 41.2 Å². The van der Waals surface area contributed by atoms with Crippen LogP contribution in [-0.4, -0.2) is 11.7 Å². The predicted molar refractivity (Wildman–Crippen MR) is 45.6 cm³/mol. The lowest BCUT2D eigenvalue weighted by atomic mass is 10.1. The maximum absolute atomic E-state index is 9.26. The van der Waals surface area contributed by atoms with E-state index in [2.05, 4.69) is 4.85 Å². The van der Waals surface area contributed by atoms with E-state index < -0.39 is 6.10 Å². The van der Waals surface area contributed by atoms with Crippen molar-refractivity contribution in [1.82, 2.24) is 5.73 Å². The fraction of sp³-hybridized carbons (Fsp3) is 0.222. The van der Waals surface area contributed by atoms with Gasteiger partial charge < -0.3 is 5.11 Å². The molecule has 1 atom stereocenters. The van der Waals surface area contributed by atoms with Gasteiger partial charge in [0.25, 0.3) is 0 Å². The van der Waals surface area contributed by atoms with E-state index in [-0.39, 0.29) is 6.54 Å². The number of nitrogens with zero attached hydrogens (tertiary/aromatic N) is 1. The third-order valence-corrected chi connectivity index (χ3v) is 1.58. The molecule has 0 aromatic heterocycles. The average Bonchev–Trinajstić information content (AvgIpc) is 2.17. The van der Waals surface area contributed by atoms with Crippen molar-refractivity contribution >= 4 is 5.69 Å². The van der Waals surface area contributed by atoms with Crippen molar-refractivity contribution in [3.8, 4) is 0 Å². The molecule has 3 heteroatoms. The number of hydrogen-bond donors (Lipinski definition) is 1. The van der Waals surface area contributed by atoms with E-state index in [4.69, 9.17) is 12.3 Å². The SMILES string of the molecule is [C-]#[N+]c1cccc([C@H](O)C[NH])c1. The van der Waals surface area contributed by atoms with Gasteiger partial charge in [-0.15, -0.1) is 0 Å². The minimum absolute atomic E-state index is 0.0680. The lowest BCUT2D eigenvalue weighted by Crippen LogP contribution is -2.02. The number of rotatable bonds is 2. The molecule has 0 fully saturated rings. The van der Waals surface area contributed by atoms with Crippen LogP contribution in [0.3, 0.4) is 0 Å². The molecule has 0 saturated carbocycles. The molecule has 1 radical (unpaired) electrons. The summed E-state index contributed by atoms with van der Waals surface area (Å²) in [7, 11) is 0. The number of benzene rings is 1. The highest BCUT2D eigenvalue weighted by Gasteiger charge is 2.04. The molecule has 0 amide bonds. The standard InChI is InChI=1S/C9H9N2O/c1-11-8-4-2-3-7(5-8)9(12)6-10/h2-5,9-10,12H,6H2/t9-/m1/s1. The van der Waals surface area contributed by atoms with E-state index in [1.165, 1.54) is 0 Å². The molecular weight excluding hydrogens is 152 g/mol. The van der Waals surface area contributed by atoms with Crippen molar-refractivity contribution in [2.75, 3.05) is 6.54 Å². The highest BCUT2D eigenvalue weighted by atomic mass is 16.3. The first-order chi connectivity index (χ1) is 5.77. The van der Waals surface area contributed by atoms with Crippen molar-refractivity contribution < 1.29 is 5.11 Å². The van der Waals surface area contributed by atoms with Crippen LogP contribution >= 0.6 is 0 Å². The van der Waals surface area contributed by atoms with Crippen LogP contribution in [0.4, 0.5) is 5.69 Å². The zero-order valence-electron chi connectivity index (χ0n) is 6.49. The Kier molecular flexibility index (Phi) is 2.81. The molecule has 1 aromatic carbocycles. The Bertz CT molecular complexity index is 304. The first-order valence-electron chi connectivity index (χ1n) is 3.58. The Labute approximate surface area is 71.3 Å². The first kappa shape index (κ1) is 8.72. The Morgan fingerprint density at radius 2 is 2.33 bits per heavy atom. The normalized spacial score (nSPS) is 12.1. The van der Waals surface area contributed by atoms with Gasteiger partial charge in [0.15, 0.2) is 5.69 Å². The molecule has 1 aromatic rings. The molecule has 0 aliphatic heterocycles. The fourth-order valence-electron chi connectivity index (χ4n) is 0.919. The highest BCUT2D eigenvalue weighted by Crippen LogP contribution is 2.18. The van der Waals surface area contributed by atoms with Gasteiger partial charge in [-0.1, -0.05) is 24.3 Å². The molecular formula is C9H9N2O. The van der Waals surface area contributed by atoms with Crippen LogP contribution in [0, 0.1) is 6.57 Å². The molecule has 0 unspecified atom stereocenters. The summed E-state index contributed by atoms with van der Waals surface area (Å²) < 4.78 is 0. The number of nitrogens with one attached hydrogen (secondary N) is 1. The summed E-state index contributed by atoms with van der Waals surface area (Å²) in [5.74, 6) is 0. The van der Waals surface area contributed by atoms with Gasteiger partial charge in [-0.2, -0.15) is 0 Å². The van der Waals surface area contributed by atoms with Gasteiger partial charge >= 0.3 is 0 Å². The molecule has 3 nitrogen and oxygen atoms in total. The quantitative estimate of drug-likeness (QED) is 0.657. The molecule has 61 valence electrons. The van der Waals surface area contributed by atoms with E-state index in [9.17, 15) is 5.11 Å². The van der Waals surface area contributed by atoms with Gasteiger partial charge in [0.1, 0.15) is 0 Å². The third-order valence-electron chi connectivity index (χ3n) is 1.58. The molecule has 0 bridgehead atoms. The van der Waals surface area contributed by atoms with Gasteiger partial charge in [0.2, 0.25) is 0 Å². The Balaban J connectivity index is 2.95. The van der Waals surface area contributed by atoms with Crippen LogP contribution in [0.15, 0.2) is 24.3 Å².